The second-order valence-corrected chi connectivity index (χ2v) is 4.85. The van der Waals surface area contributed by atoms with Gasteiger partial charge in [0, 0.05) is 23.3 Å². The summed E-state index contributed by atoms with van der Waals surface area (Å²) in [6, 6.07) is 8.40. The fraction of sp³-hybridized carbons (Fsp3) is 0.200. The van der Waals surface area contributed by atoms with Crippen molar-refractivity contribution in [1.82, 2.24) is 4.57 Å². The molecule has 0 spiro atoms. The number of rotatable bonds is 4. The SMILES string of the molecule is CCn1cc(N)cc1C(=O)OCc1ccc(C#N)cc1Cl. The number of anilines is 1. The van der Waals surface area contributed by atoms with Gasteiger partial charge < -0.3 is 15.0 Å². The summed E-state index contributed by atoms with van der Waals surface area (Å²) in [6.07, 6.45) is 1.69. The summed E-state index contributed by atoms with van der Waals surface area (Å²) >= 11 is 6.03. The van der Waals surface area contributed by atoms with Crippen molar-refractivity contribution >= 4 is 23.3 Å². The Morgan fingerprint density at radius 2 is 2.24 bits per heavy atom. The molecule has 6 heteroatoms. The molecule has 0 saturated carbocycles. The molecule has 2 aromatic rings. The zero-order chi connectivity index (χ0) is 15.4. The number of hydrogen-bond acceptors (Lipinski definition) is 4. The highest BCUT2D eigenvalue weighted by molar-refractivity contribution is 6.31. The first-order valence-corrected chi connectivity index (χ1v) is 6.74. The Bertz CT molecular complexity index is 716. The minimum atomic E-state index is -0.464. The molecule has 0 fully saturated rings. The van der Waals surface area contributed by atoms with Crippen molar-refractivity contribution < 1.29 is 9.53 Å². The predicted molar refractivity (Wildman–Crippen MR) is 79.8 cm³/mol. The van der Waals surface area contributed by atoms with Crippen LogP contribution in [0.2, 0.25) is 5.02 Å². The van der Waals surface area contributed by atoms with Crippen LogP contribution in [-0.2, 0) is 17.9 Å². The summed E-state index contributed by atoms with van der Waals surface area (Å²) in [4.78, 5) is 12.1. The van der Waals surface area contributed by atoms with Crippen LogP contribution in [0.25, 0.3) is 0 Å². The molecule has 0 saturated heterocycles. The molecule has 0 aliphatic carbocycles. The van der Waals surface area contributed by atoms with Crippen molar-refractivity contribution in [3.63, 3.8) is 0 Å². The third-order valence-corrected chi connectivity index (χ3v) is 3.36. The largest absolute Gasteiger partial charge is 0.456 e. The summed E-state index contributed by atoms with van der Waals surface area (Å²) < 4.78 is 6.96. The van der Waals surface area contributed by atoms with Gasteiger partial charge in [0.2, 0.25) is 0 Å². The Morgan fingerprint density at radius 3 is 2.86 bits per heavy atom. The van der Waals surface area contributed by atoms with Gasteiger partial charge in [0.1, 0.15) is 12.3 Å². The first-order chi connectivity index (χ1) is 10.0. The number of halogens is 1. The second kappa shape index (κ2) is 6.33. The van der Waals surface area contributed by atoms with E-state index in [1.54, 1.807) is 29.0 Å². The van der Waals surface area contributed by atoms with Gasteiger partial charge >= 0.3 is 5.97 Å². The molecule has 0 radical (unpaired) electrons. The van der Waals surface area contributed by atoms with Crippen LogP contribution >= 0.6 is 11.6 Å². The van der Waals surface area contributed by atoms with Crippen LogP contribution < -0.4 is 5.73 Å². The number of nitrogen functional groups attached to an aromatic ring is 1. The Balaban J connectivity index is 2.09. The van der Waals surface area contributed by atoms with Crippen LogP contribution in [0.1, 0.15) is 28.5 Å². The lowest BCUT2D eigenvalue weighted by Gasteiger charge is -2.08. The van der Waals surface area contributed by atoms with E-state index in [1.807, 2.05) is 13.0 Å². The van der Waals surface area contributed by atoms with Crippen molar-refractivity contribution in [2.75, 3.05) is 5.73 Å². The van der Waals surface area contributed by atoms with E-state index in [-0.39, 0.29) is 6.61 Å². The summed E-state index contributed by atoms with van der Waals surface area (Å²) in [5.41, 5.74) is 7.70. The summed E-state index contributed by atoms with van der Waals surface area (Å²) in [6.45, 7) is 2.57. The molecule has 5 nitrogen and oxygen atoms in total. The number of carbonyl (C=O) groups is 1. The maximum atomic E-state index is 12.1. The van der Waals surface area contributed by atoms with Gasteiger partial charge in [-0.2, -0.15) is 5.26 Å². The van der Waals surface area contributed by atoms with Gasteiger partial charge in [-0.05, 0) is 25.1 Å². The maximum Gasteiger partial charge on any atom is 0.355 e. The lowest BCUT2D eigenvalue weighted by Crippen LogP contribution is -2.11. The summed E-state index contributed by atoms with van der Waals surface area (Å²) in [5.74, 6) is -0.464. The molecule has 0 amide bonds. The van der Waals surface area contributed by atoms with Crippen LogP contribution in [0.4, 0.5) is 5.69 Å². The van der Waals surface area contributed by atoms with Gasteiger partial charge in [0.05, 0.1) is 17.3 Å². The molecule has 1 aromatic carbocycles. The smallest absolute Gasteiger partial charge is 0.355 e. The standard InChI is InChI=1S/C15H14ClN3O2/c1-2-19-8-12(18)6-14(19)15(20)21-9-11-4-3-10(7-17)5-13(11)16/h3-6,8H,2,9,18H2,1H3. The lowest BCUT2D eigenvalue weighted by atomic mass is 10.1. The monoisotopic (exact) mass is 303 g/mol. The van der Waals surface area contributed by atoms with E-state index in [4.69, 9.17) is 27.3 Å². The molecule has 0 unspecified atom stereocenters. The molecule has 0 atom stereocenters. The molecule has 108 valence electrons. The number of esters is 1. The van der Waals surface area contributed by atoms with E-state index >= 15 is 0 Å². The minimum absolute atomic E-state index is 0.0399. The molecule has 1 aromatic heterocycles. The van der Waals surface area contributed by atoms with E-state index in [2.05, 4.69) is 0 Å². The zero-order valence-electron chi connectivity index (χ0n) is 11.5. The molecular weight excluding hydrogens is 290 g/mol. The Labute approximate surface area is 127 Å². The van der Waals surface area contributed by atoms with Crippen LogP contribution in [0.5, 0.6) is 0 Å². The fourth-order valence-electron chi connectivity index (χ4n) is 1.92. The van der Waals surface area contributed by atoms with Crippen molar-refractivity contribution in [3.05, 3.63) is 52.3 Å². The topological polar surface area (TPSA) is 81.0 Å². The summed E-state index contributed by atoms with van der Waals surface area (Å²) in [5, 5.41) is 9.17. The van der Waals surface area contributed by atoms with Crippen molar-refractivity contribution in [1.29, 1.82) is 5.26 Å². The molecule has 0 aliphatic heterocycles. The molecule has 2 rings (SSSR count). The predicted octanol–water partition coefficient (Wildman–Crippen LogP) is 2.97. The number of nitrogens with two attached hydrogens (primary N) is 1. The van der Waals surface area contributed by atoms with E-state index in [0.29, 0.717) is 34.1 Å². The third kappa shape index (κ3) is 3.36. The minimum Gasteiger partial charge on any atom is -0.456 e. The zero-order valence-corrected chi connectivity index (χ0v) is 12.2. The van der Waals surface area contributed by atoms with Gasteiger partial charge in [-0.15, -0.1) is 0 Å². The average Bonchev–Trinajstić information content (AvgIpc) is 2.86. The van der Waals surface area contributed by atoms with Crippen LogP contribution in [0.15, 0.2) is 30.5 Å². The quantitative estimate of drug-likeness (QED) is 0.880. The molecule has 0 aliphatic rings. The highest BCUT2D eigenvalue weighted by Gasteiger charge is 2.14. The van der Waals surface area contributed by atoms with Crippen LogP contribution in [0.3, 0.4) is 0 Å². The maximum absolute atomic E-state index is 12.1. The lowest BCUT2D eigenvalue weighted by molar-refractivity contribution is 0.0460. The molecule has 2 N–H and O–H groups in total. The normalized spacial score (nSPS) is 10.1. The Hall–Kier alpha value is -2.45. The van der Waals surface area contributed by atoms with Crippen LogP contribution in [0, 0.1) is 11.3 Å². The molecule has 21 heavy (non-hydrogen) atoms. The number of aromatic nitrogens is 1. The van der Waals surface area contributed by atoms with Gasteiger partial charge in [0.15, 0.2) is 0 Å². The average molecular weight is 304 g/mol. The van der Waals surface area contributed by atoms with E-state index in [9.17, 15) is 4.79 Å². The third-order valence-electron chi connectivity index (χ3n) is 3.01. The van der Waals surface area contributed by atoms with Crippen LogP contribution in [-0.4, -0.2) is 10.5 Å². The van der Waals surface area contributed by atoms with Gasteiger partial charge in [-0.3, -0.25) is 0 Å². The molecule has 0 bridgehead atoms. The molecule has 1 heterocycles. The number of hydrogen-bond donors (Lipinski definition) is 1. The van der Waals surface area contributed by atoms with E-state index in [1.165, 1.54) is 6.07 Å². The highest BCUT2D eigenvalue weighted by atomic mass is 35.5. The summed E-state index contributed by atoms with van der Waals surface area (Å²) in [7, 11) is 0. The highest BCUT2D eigenvalue weighted by Crippen LogP contribution is 2.19. The van der Waals surface area contributed by atoms with Gasteiger partial charge in [-0.25, -0.2) is 4.79 Å². The fourth-order valence-corrected chi connectivity index (χ4v) is 2.15. The number of aryl methyl sites for hydroxylation is 1. The van der Waals surface area contributed by atoms with Crippen molar-refractivity contribution in [3.8, 4) is 6.07 Å². The first-order valence-electron chi connectivity index (χ1n) is 6.36. The van der Waals surface area contributed by atoms with Gasteiger partial charge in [-0.1, -0.05) is 17.7 Å². The number of nitriles is 1. The number of benzene rings is 1. The first kappa shape index (κ1) is 14.9. The second-order valence-electron chi connectivity index (χ2n) is 4.44. The van der Waals surface area contributed by atoms with Crippen molar-refractivity contribution in [2.24, 2.45) is 0 Å². The Kier molecular flexibility index (Phi) is 4.51. The van der Waals surface area contributed by atoms with E-state index in [0.717, 1.165) is 0 Å². The van der Waals surface area contributed by atoms with Crippen molar-refractivity contribution in [2.45, 2.75) is 20.1 Å². The molecular formula is C15H14ClN3O2. The number of nitrogens with zero attached hydrogens (tertiary/aromatic N) is 2. The number of carbonyl (C=O) groups excluding carboxylic acids is 1. The van der Waals surface area contributed by atoms with Gasteiger partial charge in [0.25, 0.3) is 0 Å². The Morgan fingerprint density at radius 1 is 1.48 bits per heavy atom. The van der Waals surface area contributed by atoms with E-state index < -0.39 is 5.97 Å². The number of ether oxygens (including phenoxy) is 1.